The average molecular weight is 290 g/mol. The summed E-state index contributed by atoms with van der Waals surface area (Å²) in [6, 6.07) is 5.83. The van der Waals surface area contributed by atoms with Gasteiger partial charge in [0.2, 0.25) is 5.91 Å². The van der Waals surface area contributed by atoms with E-state index >= 15 is 0 Å². The van der Waals surface area contributed by atoms with Crippen molar-refractivity contribution in [1.29, 1.82) is 0 Å². The molecule has 1 aromatic carbocycles. The zero-order valence-electron chi connectivity index (χ0n) is 14.2. The number of benzene rings is 1. The third kappa shape index (κ3) is 4.57. The zero-order valence-corrected chi connectivity index (χ0v) is 14.2. The Kier molecular flexibility index (Phi) is 6.41. The Bertz CT molecular complexity index is 480. The molecule has 1 unspecified atom stereocenters. The molecule has 0 spiro atoms. The Morgan fingerprint density at radius 2 is 1.76 bits per heavy atom. The van der Waals surface area contributed by atoms with Gasteiger partial charge in [0.25, 0.3) is 0 Å². The van der Waals surface area contributed by atoms with E-state index in [2.05, 4.69) is 52.1 Å². The van der Waals surface area contributed by atoms with Crippen molar-refractivity contribution in [3.05, 3.63) is 29.3 Å². The van der Waals surface area contributed by atoms with Gasteiger partial charge < -0.3 is 11.1 Å². The van der Waals surface area contributed by atoms with Gasteiger partial charge >= 0.3 is 0 Å². The molecular formula is C18H30N2O. The van der Waals surface area contributed by atoms with Crippen LogP contribution in [0.2, 0.25) is 0 Å². The standard InChI is InChI=1S/C18H30N2O/c1-7-13(6)17(19)18(21)20-16-9-8-14(11(2)3)10-15(16)12(4)5/h8-13,17H,7,19H2,1-6H3,(H,20,21)/t13?,17-/m0/s1. The van der Waals surface area contributed by atoms with Crippen molar-refractivity contribution < 1.29 is 4.79 Å². The predicted octanol–water partition coefficient (Wildman–Crippen LogP) is 4.25. The Hall–Kier alpha value is -1.35. The van der Waals surface area contributed by atoms with E-state index in [1.165, 1.54) is 11.1 Å². The molecule has 0 bridgehead atoms. The summed E-state index contributed by atoms with van der Waals surface area (Å²) >= 11 is 0. The Morgan fingerprint density at radius 1 is 1.14 bits per heavy atom. The van der Waals surface area contributed by atoms with E-state index in [4.69, 9.17) is 5.73 Å². The second-order valence-electron chi connectivity index (χ2n) is 6.56. The fraction of sp³-hybridized carbons (Fsp3) is 0.611. The number of nitrogens with one attached hydrogen (secondary N) is 1. The number of carbonyl (C=O) groups excluding carboxylic acids is 1. The molecule has 1 rings (SSSR count). The normalized spacial score (nSPS) is 14.3. The lowest BCUT2D eigenvalue weighted by molar-refractivity contribution is -0.118. The van der Waals surface area contributed by atoms with Crippen LogP contribution < -0.4 is 11.1 Å². The van der Waals surface area contributed by atoms with E-state index in [0.717, 1.165) is 12.1 Å². The van der Waals surface area contributed by atoms with Crippen LogP contribution in [0.25, 0.3) is 0 Å². The molecule has 0 heterocycles. The van der Waals surface area contributed by atoms with Crippen molar-refractivity contribution in [1.82, 2.24) is 0 Å². The Balaban J connectivity index is 3.00. The number of carbonyl (C=O) groups is 1. The van der Waals surface area contributed by atoms with Gasteiger partial charge in [0.05, 0.1) is 6.04 Å². The van der Waals surface area contributed by atoms with Gasteiger partial charge in [0.15, 0.2) is 0 Å². The average Bonchev–Trinajstić information content (AvgIpc) is 2.45. The first-order valence-electron chi connectivity index (χ1n) is 7.98. The van der Waals surface area contributed by atoms with Crippen LogP contribution in [0, 0.1) is 5.92 Å². The molecule has 2 atom stereocenters. The molecular weight excluding hydrogens is 260 g/mol. The monoisotopic (exact) mass is 290 g/mol. The van der Waals surface area contributed by atoms with Crippen LogP contribution in [-0.2, 0) is 4.79 Å². The van der Waals surface area contributed by atoms with Crippen molar-refractivity contribution in [3.63, 3.8) is 0 Å². The van der Waals surface area contributed by atoms with Gasteiger partial charge in [-0.25, -0.2) is 0 Å². The quantitative estimate of drug-likeness (QED) is 0.823. The van der Waals surface area contributed by atoms with Crippen LogP contribution in [0.4, 0.5) is 5.69 Å². The predicted molar refractivity (Wildman–Crippen MR) is 90.7 cm³/mol. The molecule has 0 fully saturated rings. The van der Waals surface area contributed by atoms with Crippen LogP contribution in [0.3, 0.4) is 0 Å². The number of hydrogen-bond acceptors (Lipinski definition) is 2. The molecule has 3 heteroatoms. The lowest BCUT2D eigenvalue weighted by atomic mass is 9.93. The molecule has 0 aliphatic carbocycles. The molecule has 21 heavy (non-hydrogen) atoms. The first-order valence-corrected chi connectivity index (χ1v) is 7.98. The molecule has 0 aromatic heterocycles. The summed E-state index contributed by atoms with van der Waals surface area (Å²) in [5, 5.41) is 3.01. The van der Waals surface area contributed by atoms with Crippen molar-refractivity contribution in [2.75, 3.05) is 5.32 Å². The van der Waals surface area contributed by atoms with E-state index < -0.39 is 6.04 Å². The van der Waals surface area contributed by atoms with E-state index in [1.807, 2.05) is 13.0 Å². The van der Waals surface area contributed by atoms with Crippen LogP contribution in [0.1, 0.15) is 70.9 Å². The van der Waals surface area contributed by atoms with E-state index in [1.54, 1.807) is 0 Å². The highest BCUT2D eigenvalue weighted by atomic mass is 16.2. The summed E-state index contributed by atoms with van der Waals surface area (Å²) in [5.74, 6) is 0.930. The number of rotatable bonds is 6. The third-order valence-corrected chi connectivity index (χ3v) is 4.18. The van der Waals surface area contributed by atoms with E-state index in [9.17, 15) is 4.79 Å². The maximum atomic E-state index is 12.3. The van der Waals surface area contributed by atoms with Crippen molar-refractivity contribution in [2.24, 2.45) is 11.7 Å². The molecule has 118 valence electrons. The molecule has 0 saturated heterocycles. The van der Waals surface area contributed by atoms with Gasteiger partial charge in [-0.3, -0.25) is 4.79 Å². The molecule has 0 radical (unpaired) electrons. The fourth-order valence-electron chi connectivity index (χ4n) is 2.26. The van der Waals surface area contributed by atoms with Gasteiger partial charge in [0.1, 0.15) is 0 Å². The molecule has 0 saturated carbocycles. The highest BCUT2D eigenvalue weighted by Gasteiger charge is 2.21. The van der Waals surface area contributed by atoms with Gasteiger partial charge in [-0.2, -0.15) is 0 Å². The van der Waals surface area contributed by atoms with E-state index in [0.29, 0.717) is 11.8 Å². The Morgan fingerprint density at radius 3 is 2.24 bits per heavy atom. The Labute approximate surface area is 129 Å². The zero-order chi connectivity index (χ0) is 16.2. The van der Waals surface area contributed by atoms with Crippen LogP contribution in [-0.4, -0.2) is 11.9 Å². The van der Waals surface area contributed by atoms with Gasteiger partial charge in [0, 0.05) is 5.69 Å². The summed E-state index contributed by atoms with van der Waals surface area (Å²) in [6.45, 7) is 12.7. The molecule has 0 aliphatic heterocycles. The minimum atomic E-state index is -0.459. The summed E-state index contributed by atoms with van der Waals surface area (Å²) in [6.07, 6.45) is 0.901. The van der Waals surface area contributed by atoms with Gasteiger partial charge in [-0.15, -0.1) is 0 Å². The van der Waals surface area contributed by atoms with Crippen LogP contribution >= 0.6 is 0 Å². The number of hydrogen-bond donors (Lipinski definition) is 2. The van der Waals surface area contributed by atoms with Gasteiger partial charge in [-0.1, -0.05) is 60.1 Å². The maximum Gasteiger partial charge on any atom is 0.241 e. The smallest absolute Gasteiger partial charge is 0.241 e. The van der Waals surface area contributed by atoms with Crippen molar-refractivity contribution >= 4 is 11.6 Å². The summed E-state index contributed by atoms with van der Waals surface area (Å²) in [4.78, 5) is 12.3. The number of anilines is 1. The lowest BCUT2D eigenvalue weighted by Crippen LogP contribution is -2.40. The first kappa shape index (κ1) is 17.7. The summed E-state index contributed by atoms with van der Waals surface area (Å²) in [7, 11) is 0. The van der Waals surface area contributed by atoms with Crippen molar-refractivity contribution in [2.45, 2.75) is 65.8 Å². The summed E-state index contributed by atoms with van der Waals surface area (Å²) in [5.41, 5.74) is 9.37. The molecule has 0 aliphatic rings. The topological polar surface area (TPSA) is 55.1 Å². The molecule has 3 nitrogen and oxygen atoms in total. The minimum Gasteiger partial charge on any atom is -0.324 e. The lowest BCUT2D eigenvalue weighted by Gasteiger charge is -2.21. The third-order valence-electron chi connectivity index (χ3n) is 4.18. The second-order valence-corrected chi connectivity index (χ2v) is 6.56. The van der Waals surface area contributed by atoms with Gasteiger partial charge in [-0.05, 0) is 34.9 Å². The first-order chi connectivity index (χ1) is 9.77. The molecule has 1 aromatic rings. The largest absolute Gasteiger partial charge is 0.324 e. The van der Waals surface area contributed by atoms with E-state index in [-0.39, 0.29) is 11.8 Å². The molecule has 1 amide bonds. The minimum absolute atomic E-state index is 0.0939. The SMILES string of the molecule is CCC(C)[C@H](N)C(=O)Nc1ccc(C(C)C)cc1C(C)C. The second kappa shape index (κ2) is 7.60. The fourth-order valence-corrected chi connectivity index (χ4v) is 2.26. The highest BCUT2D eigenvalue weighted by Crippen LogP contribution is 2.28. The van der Waals surface area contributed by atoms with Crippen LogP contribution in [0.15, 0.2) is 18.2 Å². The van der Waals surface area contributed by atoms with Crippen molar-refractivity contribution in [3.8, 4) is 0 Å². The number of nitrogens with two attached hydrogens (primary N) is 1. The number of amides is 1. The van der Waals surface area contributed by atoms with Crippen LogP contribution in [0.5, 0.6) is 0 Å². The molecule has 3 N–H and O–H groups in total. The summed E-state index contributed by atoms with van der Waals surface area (Å²) < 4.78 is 0. The maximum absolute atomic E-state index is 12.3. The highest BCUT2D eigenvalue weighted by molar-refractivity contribution is 5.95.